The molecule has 2 rings (SSSR count). The lowest BCUT2D eigenvalue weighted by molar-refractivity contribution is -0.254. The minimum Gasteiger partial charge on any atom is -0.508 e. The third kappa shape index (κ3) is 4.21. The molecule has 0 aliphatic heterocycles. The number of hydrogen-bond acceptors (Lipinski definition) is 4. The van der Waals surface area contributed by atoms with Crippen molar-refractivity contribution in [2.45, 2.75) is 12.5 Å². The van der Waals surface area contributed by atoms with Crippen LogP contribution in [-0.2, 0) is 0 Å². The molecule has 0 aliphatic carbocycles. The quantitative estimate of drug-likeness (QED) is 0.854. The maximum absolute atomic E-state index is 13.0. The Bertz CT molecular complexity index is 594. The molecule has 118 valence electrons. The van der Waals surface area contributed by atoms with Crippen LogP contribution in [0, 0.1) is 0 Å². The number of rotatable bonds is 5. The van der Waals surface area contributed by atoms with Crippen LogP contribution in [0.2, 0.25) is 0 Å². The van der Waals surface area contributed by atoms with E-state index in [1.54, 1.807) is 0 Å². The van der Waals surface area contributed by atoms with Crippen molar-refractivity contribution >= 4 is 0 Å². The first-order valence-corrected chi connectivity index (χ1v) is 6.21. The van der Waals surface area contributed by atoms with Gasteiger partial charge in [-0.15, -0.1) is 0 Å². The Balaban J connectivity index is 2.13. The van der Waals surface area contributed by atoms with Crippen LogP contribution < -0.4 is 14.2 Å². The van der Waals surface area contributed by atoms with Crippen molar-refractivity contribution in [2.75, 3.05) is 7.11 Å². The Hall–Kier alpha value is -2.57. The van der Waals surface area contributed by atoms with Gasteiger partial charge in [0.1, 0.15) is 23.0 Å². The second kappa shape index (κ2) is 6.46. The van der Waals surface area contributed by atoms with E-state index in [0.717, 1.165) is 0 Å². The zero-order valence-corrected chi connectivity index (χ0v) is 11.5. The number of ether oxygens (including phenoxy) is 3. The fourth-order valence-corrected chi connectivity index (χ4v) is 1.58. The molecule has 0 heterocycles. The fraction of sp³-hybridized carbons (Fsp3) is 0.200. The topological polar surface area (TPSA) is 47.9 Å². The van der Waals surface area contributed by atoms with Gasteiger partial charge in [-0.25, -0.2) is 0 Å². The van der Waals surface area contributed by atoms with Gasteiger partial charge in [-0.3, -0.25) is 0 Å². The maximum Gasteiger partial charge on any atom is 0.464 e. The first-order valence-electron chi connectivity index (χ1n) is 6.21. The van der Waals surface area contributed by atoms with Crippen molar-refractivity contribution < 1.29 is 32.5 Å². The van der Waals surface area contributed by atoms with Crippen molar-refractivity contribution in [3.8, 4) is 23.0 Å². The highest BCUT2D eigenvalue weighted by Gasteiger charge is 2.44. The first-order chi connectivity index (χ1) is 10.4. The Morgan fingerprint density at radius 3 is 1.64 bits per heavy atom. The van der Waals surface area contributed by atoms with E-state index in [4.69, 9.17) is 19.3 Å². The van der Waals surface area contributed by atoms with Gasteiger partial charge in [0.25, 0.3) is 0 Å². The average Bonchev–Trinajstić information content (AvgIpc) is 2.48. The number of phenols is 1. The molecule has 0 bridgehead atoms. The molecule has 0 amide bonds. The summed E-state index contributed by atoms with van der Waals surface area (Å²) in [6, 6.07) is 10.5. The molecular formula is C15H13F3O4. The van der Waals surface area contributed by atoms with Gasteiger partial charge in [0.15, 0.2) is 0 Å². The summed E-state index contributed by atoms with van der Waals surface area (Å²) in [7, 11) is 1.45. The Morgan fingerprint density at radius 1 is 0.818 bits per heavy atom. The average molecular weight is 314 g/mol. The third-order valence-electron chi connectivity index (χ3n) is 2.65. The molecule has 0 aliphatic rings. The largest absolute Gasteiger partial charge is 0.508 e. The summed E-state index contributed by atoms with van der Waals surface area (Å²) in [4.78, 5) is 0. The van der Waals surface area contributed by atoms with Crippen molar-refractivity contribution in [1.29, 1.82) is 0 Å². The fourth-order valence-electron chi connectivity index (χ4n) is 1.58. The van der Waals surface area contributed by atoms with Gasteiger partial charge in [-0.2, -0.15) is 13.2 Å². The molecule has 0 fully saturated rings. The summed E-state index contributed by atoms with van der Waals surface area (Å²) in [6.07, 6.45) is -7.19. The zero-order valence-electron chi connectivity index (χ0n) is 11.5. The molecule has 0 radical (unpaired) electrons. The second-order valence-electron chi connectivity index (χ2n) is 4.28. The van der Waals surface area contributed by atoms with E-state index in [0.29, 0.717) is 5.75 Å². The summed E-state index contributed by atoms with van der Waals surface area (Å²) in [6.45, 7) is 0. The normalized spacial score (nSPS) is 12.5. The molecule has 2 aromatic carbocycles. The Labute approximate surface area is 124 Å². The van der Waals surface area contributed by atoms with E-state index < -0.39 is 12.5 Å². The molecule has 2 aromatic rings. The lowest BCUT2D eigenvalue weighted by atomic mass is 10.3. The SMILES string of the molecule is COc1ccc(OC(Oc2ccc(O)cc2)C(F)(F)F)cc1. The van der Waals surface area contributed by atoms with Crippen LogP contribution in [0.5, 0.6) is 23.0 Å². The monoisotopic (exact) mass is 314 g/mol. The number of methoxy groups -OCH3 is 1. The maximum atomic E-state index is 13.0. The van der Waals surface area contributed by atoms with E-state index in [2.05, 4.69) is 0 Å². The summed E-state index contributed by atoms with van der Waals surface area (Å²) in [5.74, 6) is 0.331. The molecule has 0 saturated heterocycles. The van der Waals surface area contributed by atoms with Crippen LogP contribution in [0.3, 0.4) is 0 Å². The van der Waals surface area contributed by atoms with Crippen LogP contribution in [-0.4, -0.2) is 24.7 Å². The first kappa shape index (κ1) is 15.8. The van der Waals surface area contributed by atoms with Gasteiger partial charge in [-0.1, -0.05) is 0 Å². The molecule has 1 N–H and O–H groups in total. The van der Waals surface area contributed by atoms with Gasteiger partial charge < -0.3 is 19.3 Å². The lowest BCUT2D eigenvalue weighted by Gasteiger charge is -2.22. The highest BCUT2D eigenvalue weighted by Crippen LogP contribution is 2.29. The van der Waals surface area contributed by atoms with Crippen LogP contribution in [0.25, 0.3) is 0 Å². The summed E-state index contributed by atoms with van der Waals surface area (Å²) >= 11 is 0. The van der Waals surface area contributed by atoms with Crippen molar-refractivity contribution in [3.63, 3.8) is 0 Å². The third-order valence-corrected chi connectivity index (χ3v) is 2.65. The minimum atomic E-state index is -4.72. The molecule has 0 aromatic heterocycles. The van der Waals surface area contributed by atoms with Gasteiger partial charge in [0.05, 0.1) is 7.11 Å². The number of benzene rings is 2. The molecule has 1 unspecified atom stereocenters. The van der Waals surface area contributed by atoms with Crippen molar-refractivity contribution in [3.05, 3.63) is 48.5 Å². The number of alkyl halides is 3. The van der Waals surface area contributed by atoms with Crippen molar-refractivity contribution in [1.82, 2.24) is 0 Å². The van der Waals surface area contributed by atoms with E-state index in [-0.39, 0.29) is 17.2 Å². The molecule has 1 atom stereocenters. The van der Waals surface area contributed by atoms with Crippen LogP contribution >= 0.6 is 0 Å². The molecule has 0 saturated carbocycles. The standard InChI is InChI=1S/C15H13F3O4/c1-20-11-6-8-13(9-7-11)22-14(15(16,17)18)21-12-4-2-10(19)3-5-12/h2-9,14,19H,1H3. The summed E-state index contributed by atoms with van der Waals surface area (Å²) < 4.78 is 53.5. The van der Waals surface area contributed by atoms with Gasteiger partial charge in [-0.05, 0) is 48.5 Å². The lowest BCUT2D eigenvalue weighted by Crippen LogP contribution is -2.39. The van der Waals surface area contributed by atoms with Crippen LogP contribution in [0.15, 0.2) is 48.5 Å². The molecular weight excluding hydrogens is 301 g/mol. The molecule has 22 heavy (non-hydrogen) atoms. The Morgan fingerprint density at radius 2 is 1.23 bits per heavy atom. The van der Waals surface area contributed by atoms with Gasteiger partial charge in [0, 0.05) is 0 Å². The van der Waals surface area contributed by atoms with E-state index in [9.17, 15) is 13.2 Å². The molecule has 4 nitrogen and oxygen atoms in total. The van der Waals surface area contributed by atoms with Crippen molar-refractivity contribution in [2.24, 2.45) is 0 Å². The van der Waals surface area contributed by atoms with E-state index in [1.807, 2.05) is 0 Å². The van der Waals surface area contributed by atoms with E-state index in [1.165, 1.54) is 55.6 Å². The van der Waals surface area contributed by atoms with Gasteiger partial charge in [0.2, 0.25) is 0 Å². The van der Waals surface area contributed by atoms with Crippen LogP contribution in [0.1, 0.15) is 0 Å². The smallest absolute Gasteiger partial charge is 0.464 e. The van der Waals surface area contributed by atoms with Gasteiger partial charge >= 0.3 is 12.5 Å². The highest BCUT2D eigenvalue weighted by atomic mass is 19.4. The second-order valence-corrected chi connectivity index (χ2v) is 4.28. The molecule has 0 spiro atoms. The number of aromatic hydroxyl groups is 1. The minimum absolute atomic E-state index is 0.0121. The highest BCUT2D eigenvalue weighted by molar-refractivity contribution is 5.32. The zero-order chi connectivity index (χ0) is 16.2. The van der Waals surface area contributed by atoms with Crippen LogP contribution in [0.4, 0.5) is 13.2 Å². The van der Waals surface area contributed by atoms with E-state index >= 15 is 0 Å². The summed E-state index contributed by atoms with van der Waals surface area (Å²) in [5.41, 5.74) is 0. The number of halogens is 3. The predicted molar refractivity (Wildman–Crippen MR) is 72.2 cm³/mol. The summed E-state index contributed by atoms with van der Waals surface area (Å²) in [5, 5.41) is 9.11. The Kier molecular flexibility index (Phi) is 4.65. The number of phenolic OH excluding ortho intramolecular Hbond substituents is 1. The predicted octanol–water partition coefficient (Wildman–Crippen LogP) is 3.75. The molecule has 7 heteroatoms. The number of hydrogen-bond donors (Lipinski definition) is 1.